The van der Waals surface area contributed by atoms with Crippen LogP contribution < -0.4 is 5.32 Å². The second-order valence-corrected chi connectivity index (χ2v) is 5.85. The Morgan fingerprint density at radius 2 is 1.61 bits per heavy atom. The van der Waals surface area contributed by atoms with Gasteiger partial charge in [-0.15, -0.1) is 0 Å². The number of halogens is 4. The molecule has 0 unspecified atom stereocenters. The standard InChI is InChI=1S/C13H9BrCl3N/c14-11-4-3-10(16)6-13(11)18-7-8-1-2-9(15)5-12(8)17/h1-6,18H,7H2. The fraction of sp³-hybridized carbons (Fsp3) is 0.0769. The molecule has 0 amide bonds. The summed E-state index contributed by atoms with van der Waals surface area (Å²) in [6, 6.07) is 11.0. The summed E-state index contributed by atoms with van der Waals surface area (Å²) in [4.78, 5) is 0. The molecule has 0 atom stereocenters. The minimum Gasteiger partial charge on any atom is -0.380 e. The molecule has 2 aromatic rings. The Balaban J connectivity index is 2.13. The first-order valence-corrected chi connectivity index (χ1v) is 7.12. The molecule has 1 N–H and O–H groups in total. The van der Waals surface area contributed by atoms with Gasteiger partial charge in [0.25, 0.3) is 0 Å². The number of rotatable bonds is 3. The molecule has 0 aliphatic heterocycles. The summed E-state index contributed by atoms with van der Waals surface area (Å²) in [5, 5.41) is 5.23. The number of benzene rings is 2. The van der Waals surface area contributed by atoms with Gasteiger partial charge in [-0.25, -0.2) is 0 Å². The monoisotopic (exact) mass is 363 g/mol. The highest BCUT2D eigenvalue weighted by molar-refractivity contribution is 9.10. The van der Waals surface area contributed by atoms with Gasteiger partial charge >= 0.3 is 0 Å². The lowest BCUT2D eigenvalue weighted by Crippen LogP contribution is -2.00. The first kappa shape index (κ1) is 14.0. The molecule has 5 heteroatoms. The molecule has 0 aliphatic carbocycles. The average molecular weight is 365 g/mol. The second-order valence-electron chi connectivity index (χ2n) is 3.71. The summed E-state index contributed by atoms with van der Waals surface area (Å²) >= 11 is 21.4. The molecule has 1 nitrogen and oxygen atoms in total. The van der Waals surface area contributed by atoms with Gasteiger partial charge in [0.15, 0.2) is 0 Å². The molecular formula is C13H9BrCl3N. The Bertz CT molecular complexity index is 572. The highest BCUT2D eigenvalue weighted by atomic mass is 79.9. The summed E-state index contributed by atoms with van der Waals surface area (Å²) in [6.45, 7) is 0.606. The Kier molecular flexibility index (Phi) is 4.79. The predicted molar refractivity (Wildman–Crippen MR) is 82.9 cm³/mol. The Labute approximate surface area is 129 Å². The molecule has 0 saturated carbocycles. The molecule has 0 saturated heterocycles. The van der Waals surface area contributed by atoms with E-state index in [4.69, 9.17) is 34.8 Å². The van der Waals surface area contributed by atoms with E-state index in [9.17, 15) is 0 Å². The third kappa shape index (κ3) is 3.55. The maximum Gasteiger partial charge on any atom is 0.0502 e. The molecule has 0 spiro atoms. The highest BCUT2D eigenvalue weighted by Crippen LogP contribution is 2.27. The van der Waals surface area contributed by atoms with Crippen molar-refractivity contribution in [1.82, 2.24) is 0 Å². The van der Waals surface area contributed by atoms with Crippen molar-refractivity contribution in [3.05, 3.63) is 61.5 Å². The first-order valence-electron chi connectivity index (χ1n) is 5.19. The van der Waals surface area contributed by atoms with E-state index in [0.717, 1.165) is 15.7 Å². The van der Waals surface area contributed by atoms with E-state index in [2.05, 4.69) is 21.2 Å². The summed E-state index contributed by atoms with van der Waals surface area (Å²) in [7, 11) is 0. The lowest BCUT2D eigenvalue weighted by Gasteiger charge is -2.10. The molecule has 0 bridgehead atoms. The third-order valence-corrected chi connectivity index (χ3v) is 3.93. The molecule has 0 heterocycles. The van der Waals surface area contributed by atoms with Crippen molar-refractivity contribution in [3.63, 3.8) is 0 Å². The summed E-state index contributed by atoms with van der Waals surface area (Å²) in [6.07, 6.45) is 0. The van der Waals surface area contributed by atoms with Gasteiger partial charge < -0.3 is 5.32 Å². The SMILES string of the molecule is Clc1ccc(CNc2cc(Cl)ccc2Br)c(Cl)c1. The van der Waals surface area contributed by atoms with E-state index in [1.54, 1.807) is 6.07 Å². The molecule has 18 heavy (non-hydrogen) atoms. The van der Waals surface area contributed by atoms with Crippen LogP contribution in [0, 0.1) is 0 Å². The van der Waals surface area contributed by atoms with E-state index in [-0.39, 0.29) is 0 Å². The van der Waals surface area contributed by atoms with Gasteiger partial charge in [0.2, 0.25) is 0 Å². The van der Waals surface area contributed by atoms with Crippen molar-refractivity contribution in [2.75, 3.05) is 5.32 Å². The highest BCUT2D eigenvalue weighted by Gasteiger charge is 2.04. The van der Waals surface area contributed by atoms with Crippen molar-refractivity contribution >= 4 is 56.4 Å². The summed E-state index contributed by atoms with van der Waals surface area (Å²) < 4.78 is 0.956. The largest absolute Gasteiger partial charge is 0.380 e. The van der Waals surface area contributed by atoms with Crippen LogP contribution in [-0.2, 0) is 6.54 Å². The molecule has 2 rings (SSSR count). The first-order chi connectivity index (χ1) is 8.56. The van der Waals surface area contributed by atoms with Crippen LogP contribution in [0.1, 0.15) is 5.56 Å². The van der Waals surface area contributed by atoms with E-state index in [1.807, 2.05) is 30.3 Å². The predicted octanol–water partition coefficient (Wildman–Crippen LogP) is 6.02. The van der Waals surface area contributed by atoms with Crippen molar-refractivity contribution in [2.45, 2.75) is 6.54 Å². The minimum atomic E-state index is 0.606. The van der Waals surface area contributed by atoms with Crippen molar-refractivity contribution < 1.29 is 0 Å². The zero-order valence-electron chi connectivity index (χ0n) is 9.18. The molecule has 0 fully saturated rings. The van der Waals surface area contributed by atoms with Crippen LogP contribution >= 0.6 is 50.7 Å². The topological polar surface area (TPSA) is 12.0 Å². The molecule has 0 radical (unpaired) electrons. The lowest BCUT2D eigenvalue weighted by molar-refractivity contribution is 1.15. The van der Waals surface area contributed by atoms with Gasteiger partial charge in [-0.1, -0.05) is 40.9 Å². The summed E-state index contributed by atoms with van der Waals surface area (Å²) in [5.41, 5.74) is 1.90. The molecule has 2 aromatic carbocycles. The number of hydrogen-bond donors (Lipinski definition) is 1. The average Bonchev–Trinajstić information content (AvgIpc) is 2.32. The maximum absolute atomic E-state index is 6.10. The van der Waals surface area contributed by atoms with Crippen molar-refractivity contribution in [3.8, 4) is 0 Å². The van der Waals surface area contributed by atoms with Gasteiger partial charge in [0.1, 0.15) is 0 Å². The van der Waals surface area contributed by atoms with Gasteiger partial charge in [-0.2, -0.15) is 0 Å². The van der Waals surface area contributed by atoms with Crippen LogP contribution in [0.3, 0.4) is 0 Å². The molecule has 94 valence electrons. The van der Waals surface area contributed by atoms with Gasteiger partial charge in [-0.3, -0.25) is 0 Å². The van der Waals surface area contributed by atoms with Crippen LogP contribution in [0.2, 0.25) is 15.1 Å². The van der Waals surface area contributed by atoms with Crippen molar-refractivity contribution in [2.24, 2.45) is 0 Å². The number of nitrogens with one attached hydrogen (secondary N) is 1. The normalized spacial score (nSPS) is 10.4. The Morgan fingerprint density at radius 3 is 2.33 bits per heavy atom. The quantitative estimate of drug-likeness (QED) is 0.701. The van der Waals surface area contributed by atoms with Crippen LogP contribution in [0.4, 0.5) is 5.69 Å². The fourth-order valence-electron chi connectivity index (χ4n) is 1.49. The zero-order chi connectivity index (χ0) is 13.1. The van der Waals surface area contributed by atoms with Crippen LogP contribution in [0.15, 0.2) is 40.9 Å². The number of anilines is 1. The third-order valence-electron chi connectivity index (χ3n) is 2.41. The molecule has 0 aromatic heterocycles. The smallest absolute Gasteiger partial charge is 0.0502 e. The van der Waals surface area contributed by atoms with E-state index in [0.29, 0.717) is 21.6 Å². The zero-order valence-corrected chi connectivity index (χ0v) is 13.0. The maximum atomic E-state index is 6.10. The van der Waals surface area contributed by atoms with Crippen LogP contribution in [0.5, 0.6) is 0 Å². The second kappa shape index (κ2) is 6.16. The van der Waals surface area contributed by atoms with Gasteiger partial charge in [-0.05, 0) is 51.8 Å². The van der Waals surface area contributed by atoms with Crippen molar-refractivity contribution in [1.29, 1.82) is 0 Å². The summed E-state index contributed by atoms with van der Waals surface area (Å²) in [5.74, 6) is 0. The van der Waals surface area contributed by atoms with Crippen LogP contribution in [-0.4, -0.2) is 0 Å². The van der Waals surface area contributed by atoms with E-state index in [1.165, 1.54) is 0 Å². The fourth-order valence-corrected chi connectivity index (χ4v) is 2.52. The Hall–Kier alpha value is -0.410. The van der Waals surface area contributed by atoms with Gasteiger partial charge in [0.05, 0.1) is 5.69 Å². The number of hydrogen-bond acceptors (Lipinski definition) is 1. The van der Waals surface area contributed by atoms with E-state index >= 15 is 0 Å². The van der Waals surface area contributed by atoms with Crippen LogP contribution in [0.25, 0.3) is 0 Å². The van der Waals surface area contributed by atoms with Gasteiger partial charge in [0, 0.05) is 26.1 Å². The van der Waals surface area contributed by atoms with E-state index < -0.39 is 0 Å². The molecule has 0 aliphatic rings. The Morgan fingerprint density at radius 1 is 0.944 bits per heavy atom. The lowest BCUT2D eigenvalue weighted by atomic mass is 10.2. The molecular weight excluding hydrogens is 356 g/mol. The minimum absolute atomic E-state index is 0.606.